The number of aromatic nitrogens is 3. The van der Waals surface area contributed by atoms with Gasteiger partial charge in [-0.3, -0.25) is 19.7 Å². The average Bonchev–Trinajstić information content (AvgIpc) is 2.47. The molecule has 0 aliphatic carbocycles. The van der Waals surface area contributed by atoms with Crippen molar-refractivity contribution in [2.75, 3.05) is 0 Å². The summed E-state index contributed by atoms with van der Waals surface area (Å²) in [6.45, 7) is 6.23. The molecular formula is C16H18N4O3. The Hall–Kier alpha value is -2.57. The lowest BCUT2D eigenvalue weighted by atomic mass is 9.87. The summed E-state index contributed by atoms with van der Waals surface area (Å²) in [5.41, 5.74) is 1.13. The molecule has 1 saturated heterocycles. The molecule has 2 heterocycles. The van der Waals surface area contributed by atoms with Crippen LogP contribution in [0, 0.1) is 0 Å². The zero-order chi connectivity index (χ0) is 16.8. The average molecular weight is 314 g/mol. The summed E-state index contributed by atoms with van der Waals surface area (Å²) in [6.07, 6.45) is 0.441. The molecule has 0 spiro atoms. The number of fused-ring (bicyclic) bond motifs is 1. The van der Waals surface area contributed by atoms with E-state index in [0.717, 1.165) is 10.2 Å². The van der Waals surface area contributed by atoms with Gasteiger partial charge in [0, 0.05) is 6.42 Å². The molecule has 0 bridgehead atoms. The number of nitrogens with one attached hydrogen (secondary N) is 1. The molecule has 1 aromatic carbocycles. The first-order chi connectivity index (χ1) is 10.8. The maximum absolute atomic E-state index is 12.6. The van der Waals surface area contributed by atoms with E-state index in [-0.39, 0.29) is 29.7 Å². The maximum Gasteiger partial charge on any atom is 0.278 e. The van der Waals surface area contributed by atoms with Gasteiger partial charge in [0.1, 0.15) is 11.6 Å². The topological polar surface area (TPSA) is 94.0 Å². The maximum atomic E-state index is 12.6. The Morgan fingerprint density at radius 1 is 1.22 bits per heavy atom. The third-order valence-corrected chi connectivity index (χ3v) is 4.06. The fourth-order valence-corrected chi connectivity index (χ4v) is 2.64. The molecule has 0 radical (unpaired) electrons. The predicted molar refractivity (Wildman–Crippen MR) is 83.9 cm³/mol. The minimum atomic E-state index is -0.792. The summed E-state index contributed by atoms with van der Waals surface area (Å²) in [5, 5.41) is 10.6. The lowest BCUT2D eigenvalue weighted by Crippen LogP contribution is -2.45. The molecule has 120 valence electrons. The lowest BCUT2D eigenvalue weighted by molar-refractivity contribution is -0.136. The Morgan fingerprint density at radius 2 is 1.96 bits per heavy atom. The second-order valence-electron chi connectivity index (χ2n) is 6.79. The van der Waals surface area contributed by atoms with Crippen LogP contribution in [0.15, 0.2) is 23.0 Å². The van der Waals surface area contributed by atoms with Gasteiger partial charge in [0.2, 0.25) is 5.91 Å². The summed E-state index contributed by atoms with van der Waals surface area (Å²) < 4.78 is 1.07. The fourth-order valence-electron chi connectivity index (χ4n) is 2.64. The van der Waals surface area contributed by atoms with Crippen LogP contribution in [0.5, 0.6) is 0 Å². The third kappa shape index (κ3) is 2.74. The van der Waals surface area contributed by atoms with Gasteiger partial charge in [0.25, 0.3) is 11.5 Å². The van der Waals surface area contributed by atoms with E-state index < -0.39 is 11.9 Å². The summed E-state index contributed by atoms with van der Waals surface area (Å²) in [4.78, 5) is 35.8. The van der Waals surface area contributed by atoms with E-state index >= 15 is 0 Å². The van der Waals surface area contributed by atoms with Crippen molar-refractivity contribution in [3.8, 4) is 0 Å². The molecular weight excluding hydrogens is 296 g/mol. The van der Waals surface area contributed by atoms with Crippen molar-refractivity contribution in [1.29, 1.82) is 0 Å². The van der Waals surface area contributed by atoms with Crippen LogP contribution in [0.3, 0.4) is 0 Å². The van der Waals surface area contributed by atoms with Crippen LogP contribution in [0.4, 0.5) is 0 Å². The molecule has 0 saturated carbocycles. The van der Waals surface area contributed by atoms with Crippen LogP contribution in [-0.2, 0) is 15.0 Å². The number of amides is 2. The van der Waals surface area contributed by atoms with E-state index in [1.54, 1.807) is 6.07 Å². The van der Waals surface area contributed by atoms with Crippen molar-refractivity contribution in [2.45, 2.75) is 45.1 Å². The Bertz CT molecular complexity index is 864. The molecule has 1 fully saturated rings. The number of imide groups is 1. The summed E-state index contributed by atoms with van der Waals surface area (Å²) in [5.74, 6) is -0.842. The van der Waals surface area contributed by atoms with Gasteiger partial charge in [-0.25, -0.2) is 0 Å². The van der Waals surface area contributed by atoms with Crippen molar-refractivity contribution in [2.24, 2.45) is 0 Å². The van der Waals surface area contributed by atoms with Crippen LogP contribution in [0.25, 0.3) is 10.9 Å². The molecule has 1 aromatic heterocycles. The molecule has 7 nitrogen and oxygen atoms in total. The highest BCUT2D eigenvalue weighted by Gasteiger charge is 2.30. The largest absolute Gasteiger partial charge is 0.295 e. The molecule has 1 atom stereocenters. The first-order valence-corrected chi connectivity index (χ1v) is 7.51. The first-order valence-electron chi connectivity index (χ1n) is 7.51. The number of hydrogen-bond acceptors (Lipinski definition) is 5. The molecule has 23 heavy (non-hydrogen) atoms. The zero-order valence-electron chi connectivity index (χ0n) is 13.3. The van der Waals surface area contributed by atoms with E-state index in [1.807, 2.05) is 12.1 Å². The van der Waals surface area contributed by atoms with E-state index in [2.05, 4.69) is 36.4 Å². The summed E-state index contributed by atoms with van der Waals surface area (Å²) >= 11 is 0. The van der Waals surface area contributed by atoms with E-state index in [0.29, 0.717) is 10.9 Å². The number of hydrogen-bond donors (Lipinski definition) is 1. The van der Waals surface area contributed by atoms with Crippen molar-refractivity contribution >= 4 is 22.7 Å². The van der Waals surface area contributed by atoms with Gasteiger partial charge in [-0.15, -0.1) is 5.10 Å². The molecule has 3 rings (SSSR count). The Morgan fingerprint density at radius 3 is 2.61 bits per heavy atom. The second kappa shape index (κ2) is 5.26. The lowest BCUT2D eigenvalue weighted by Gasteiger charge is -2.22. The van der Waals surface area contributed by atoms with Gasteiger partial charge in [-0.05, 0) is 29.5 Å². The zero-order valence-corrected chi connectivity index (χ0v) is 13.3. The highest BCUT2D eigenvalue weighted by atomic mass is 16.2. The van der Waals surface area contributed by atoms with Gasteiger partial charge >= 0.3 is 0 Å². The van der Waals surface area contributed by atoms with Gasteiger partial charge in [0.05, 0.1) is 5.39 Å². The predicted octanol–water partition coefficient (Wildman–Crippen LogP) is 1.07. The number of benzene rings is 1. The van der Waals surface area contributed by atoms with Crippen LogP contribution < -0.4 is 10.9 Å². The van der Waals surface area contributed by atoms with Crippen molar-refractivity contribution in [1.82, 2.24) is 20.3 Å². The minimum Gasteiger partial charge on any atom is -0.295 e. The highest BCUT2D eigenvalue weighted by Crippen LogP contribution is 2.24. The Balaban J connectivity index is 2.08. The third-order valence-electron chi connectivity index (χ3n) is 4.06. The van der Waals surface area contributed by atoms with E-state index in [4.69, 9.17) is 0 Å². The van der Waals surface area contributed by atoms with Gasteiger partial charge < -0.3 is 0 Å². The fraction of sp³-hybridized carbons (Fsp3) is 0.438. The van der Waals surface area contributed by atoms with Crippen molar-refractivity contribution in [3.05, 3.63) is 34.1 Å². The molecule has 1 unspecified atom stereocenters. The quantitative estimate of drug-likeness (QED) is 0.795. The molecule has 2 aromatic rings. The van der Waals surface area contributed by atoms with Crippen molar-refractivity contribution in [3.63, 3.8) is 0 Å². The molecule has 1 aliphatic heterocycles. The van der Waals surface area contributed by atoms with Gasteiger partial charge in [0.15, 0.2) is 0 Å². The standard InChI is InChI=1S/C16H18N4O3/c1-16(2,3)9-4-5-10-11(8-9)18-19-20(15(10)23)12-6-7-13(21)17-14(12)22/h4-5,8,12H,6-7H2,1-3H3,(H,17,21,22). The van der Waals surface area contributed by atoms with Crippen LogP contribution in [0.1, 0.15) is 45.2 Å². The number of carbonyl (C=O) groups excluding carboxylic acids is 2. The minimum absolute atomic E-state index is 0.0612. The SMILES string of the molecule is CC(C)(C)c1ccc2c(=O)n(C3CCC(=O)NC3=O)nnc2c1. The van der Waals surface area contributed by atoms with Crippen LogP contribution >= 0.6 is 0 Å². The summed E-state index contributed by atoms with van der Waals surface area (Å²) in [7, 11) is 0. The molecule has 1 N–H and O–H groups in total. The summed E-state index contributed by atoms with van der Waals surface area (Å²) in [6, 6.07) is 4.66. The van der Waals surface area contributed by atoms with E-state index in [1.165, 1.54) is 0 Å². The number of piperidine rings is 1. The molecule has 7 heteroatoms. The second-order valence-corrected chi connectivity index (χ2v) is 6.79. The monoisotopic (exact) mass is 314 g/mol. The van der Waals surface area contributed by atoms with Crippen LogP contribution in [-0.4, -0.2) is 26.8 Å². The van der Waals surface area contributed by atoms with Gasteiger partial charge in [-0.1, -0.05) is 32.1 Å². The van der Waals surface area contributed by atoms with E-state index in [9.17, 15) is 14.4 Å². The molecule has 2 amide bonds. The smallest absolute Gasteiger partial charge is 0.278 e. The number of nitrogens with zero attached hydrogens (tertiary/aromatic N) is 3. The molecule has 1 aliphatic rings. The van der Waals surface area contributed by atoms with Crippen LogP contribution in [0.2, 0.25) is 0 Å². The first kappa shape index (κ1) is 15.3. The normalized spacial score (nSPS) is 19.0. The Kier molecular flexibility index (Phi) is 3.50. The van der Waals surface area contributed by atoms with Gasteiger partial charge in [-0.2, -0.15) is 4.68 Å². The number of rotatable bonds is 1. The van der Waals surface area contributed by atoms with Crippen molar-refractivity contribution < 1.29 is 9.59 Å². The highest BCUT2D eigenvalue weighted by molar-refractivity contribution is 5.99. The number of carbonyl (C=O) groups is 2. The Labute approximate surface area is 132 Å².